The molecule has 0 fully saturated rings. The highest BCUT2D eigenvalue weighted by Gasteiger charge is 2.06. The van der Waals surface area contributed by atoms with E-state index in [0.29, 0.717) is 0 Å². The van der Waals surface area contributed by atoms with E-state index < -0.39 is 0 Å². The Bertz CT molecular complexity index is 701. The topological polar surface area (TPSA) is 12.9 Å². The van der Waals surface area contributed by atoms with Gasteiger partial charge in [0.25, 0.3) is 0 Å². The van der Waals surface area contributed by atoms with Crippen LogP contribution in [0, 0.1) is 12.7 Å². The smallest absolute Gasteiger partial charge is 0.123 e. The van der Waals surface area contributed by atoms with Gasteiger partial charge < -0.3 is 0 Å². The normalized spacial score (nSPS) is 10.6. The summed E-state index contributed by atoms with van der Waals surface area (Å²) in [5, 5.41) is 0.989. The molecule has 0 aliphatic carbocycles. The largest absolute Gasteiger partial charge is 0.244 e. The number of hydrogen-bond acceptors (Lipinski definition) is 2. The molecule has 2 aromatic carbocycles. The van der Waals surface area contributed by atoms with Crippen molar-refractivity contribution in [1.29, 1.82) is 0 Å². The molecule has 0 atom stereocenters. The van der Waals surface area contributed by atoms with Crippen LogP contribution in [0.2, 0.25) is 0 Å². The van der Waals surface area contributed by atoms with Crippen LogP contribution < -0.4 is 0 Å². The van der Waals surface area contributed by atoms with E-state index in [1.807, 2.05) is 12.3 Å². The lowest BCUT2D eigenvalue weighted by Gasteiger charge is -1.98. The van der Waals surface area contributed by atoms with Crippen molar-refractivity contribution in [2.75, 3.05) is 0 Å². The van der Waals surface area contributed by atoms with Crippen molar-refractivity contribution in [1.82, 2.24) is 4.98 Å². The highest BCUT2D eigenvalue weighted by atomic mass is 32.1. The zero-order valence-electron chi connectivity index (χ0n) is 10.4. The average molecular weight is 269 g/mol. The number of aromatic nitrogens is 1. The quantitative estimate of drug-likeness (QED) is 0.643. The van der Waals surface area contributed by atoms with Gasteiger partial charge >= 0.3 is 0 Å². The number of thiazole rings is 1. The van der Waals surface area contributed by atoms with Gasteiger partial charge in [0, 0.05) is 11.8 Å². The van der Waals surface area contributed by atoms with Crippen molar-refractivity contribution in [2.45, 2.75) is 6.92 Å². The third-order valence-corrected chi connectivity index (χ3v) is 3.99. The molecular weight excluding hydrogens is 257 g/mol. The first-order valence-corrected chi connectivity index (χ1v) is 6.83. The van der Waals surface area contributed by atoms with Crippen LogP contribution in [-0.2, 0) is 0 Å². The SMILES string of the molecule is Cc1cccc(-c2ncc(-c3ccc(F)cc3)s2)c1. The minimum absolute atomic E-state index is 0.216. The van der Waals surface area contributed by atoms with Crippen LogP contribution in [0.3, 0.4) is 0 Å². The third-order valence-electron chi connectivity index (χ3n) is 2.90. The first kappa shape index (κ1) is 12.1. The molecule has 0 unspecified atom stereocenters. The van der Waals surface area contributed by atoms with E-state index >= 15 is 0 Å². The van der Waals surface area contributed by atoms with Crippen LogP contribution in [0.25, 0.3) is 21.0 Å². The van der Waals surface area contributed by atoms with Gasteiger partial charge in [0.05, 0.1) is 4.88 Å². The predicted molar refractivity (Wildman–Crippen MR) is 77.7 cm³/mol. The average Bonchev–Trinajstić information content (AvgIpc) is 2.89. The molecule has 0 saturated heterocycles. The number of benzene rings is 2. The van der Waals surface area contributed by atoms with Crippen molar-refractivity contribution < 1.29 is 4.39 Å². The molecule has 0 spiro atoms. The van der Waals surface area contributed by atoms with Crippen LogP contribution >= 0.6 is 11.3 Å². The lowest BCUT2D eigenvalue weighted by atomic mass is 10.1. The maximum Gasteiger partial charge on any atom is 0.123 e. The zero-order valence-corrected chi connectivity index (χ0v) is 11.2. The fourth-order valence-electron chi connectivity index (χ4n) is 1.93. The summed E-state index contributed by atoms with van der Waals surface area (Å²) < 4.78 is 12.9. The Morgan fingerprint density at radius 2 is 1.79 bits per heavy atom. The molecule has 0 N–H and O–H groups in total. The van der Waals surface area contributed by atoms with Crippen molar-refractivity contribution in [3.8, 4) is 21.0 Å². The second kappa shape index (κ2) is 4.94. The van der Waals surface area contributed by atoms with Gasteiger partial charge in [0.15, 0.2) is 0 Å². The highest BCUT2D eigenvalue weighted by molar-refractivity contribution is 7.18. The monoisotopic (exact) mass is 269 g/mol. The number of rotatable bonds is 2. The predicted octanol–water partition coefficient (Wildman–Crippen LogP) is 4.92. The molecular formula is C16H12FNS. The number of hydrogen-bond donors (Lipinski definition) is 0. The standard InChI is InChI=1S/C16H12FNS/c1-11-3-2-4-13(9-11)16-18-10-15(19-16)12-5-7-14(17)8-6-12/h2-10H,1H3. The highest BCUT2D eigenvalue weighted by Crippen LogP contribution is 2.32. The second-order valence-corrected chi connectivity index (χ2v) is 5.44. The minimum Gasteiger partial charge on any atom is -0.244 e. The maximum absolute atomic E-state index is 12.9. The summed E-state index contributed by atoms with van der Waals surface area (Å²) in [5.74, 6) is -0.216. The van der Waals surface area contributed by atoms with E-state index in [9.17, 15) is 4.39 Å². The van der Waals surface area contributed by atoms with E-state index in [0.717, 1.165) is 21.0 Å². The summed E-state index contributed by atoms with van der Waals surface area (Å²) >= 11 is 1.62. The van der Waals surface area contributed by atoms with Gasteiger partial charge in [-0.15, -0.1) is 11.3 Å². The molecule has 94 valence electrons. The summed E-state index contributed by atoms with van der Waals surface area (Å²) in [6.07, 6.45) is 1.84. The number of aryl methyl sites for hydroxylation is 1. The van der Waals surface area contributed by atoms with E-state index in [2.05, 4.69) is 30.1 Å². The van der Waals surface area contributed by atoms with Gasteiger partial charge in [-0.2, -0.15) is 0 Å². The fraction of sp³-hybridized carbons (Fsp3) is 0.0625. The molecule has 1 nitrogen and oxygen atoms in total. The molecule has 0 radical (unpaired) electrons. The van der Waals surface area contributed by atoms with Crippen LogP contribution in [0.5, 0.6) is 0 Å². The van der Waals surface area contributed by atoms with E-state index in [1.165, 1.54) is 17.7 Å². The maximum atomic E-state index is 12.9. The molecule has 0 amide bonds. The van der Waals surface area contributed by atoms with Crippen LogP contribution in [0.1, 0.15) is 5.56 Å². The Morgan fingerprint density at radius 3 is 2.53 bits per heavy atom. The van der Waals surface area contributed by atoms with Crippen molar-refractivity contribution >= 4 is 11.3 Å². The van der Waals surface area contributed by atoms with Crippen LogP contribution in [0.15, 0.2) is 54.7 Å². The first-order valence-electron chi connectivity index (χ1n) is 6.01. The molecule has 0 aliphatic heterocycles. The van der Waals surface area contributed by atoms with Gasteiger partial charge in [-0.3, -0.25) is 0 Å². The van der Waals surface area contributed by atoms with Gasteiger partial charge in [-0.25, -0.2) is 9.37 Å². The third kappa shape index (κ3) is 2.56. The Labute approximate surface area is 115 Å². The van der Waals surface area contributed by atoms with Crippen molar-refractivity contribution in [3.63, 3.8) is 0 Å². The van der Waals surface area contributed by atoms with Crippen molar-refractivity contribution in [3.05, 3.63) is 66.1 Å². The lowest BCUT2D eigenvalue weighted by molar-refractivity contribution is 0.628. The molecule has 0 bridgehead atoms. The Hall–Kier alpha value is -2.00. The van der Waals surface area contributed by atoms with E-state index in [1.54, 1.807) is 23.5 Å². The Balaban J connectivity index is 1.97. The molecule has 3 heteroatoms. The van der Waals surface area contributed by atoms with Crippen LogP contribution in [0.4, 0.5) is 4.39 Å². The first-order chi connectivity index (χ1) is 9.22. The number of nitrogens with zero attached hydrogens (tertiary/aromatic N) is 1. The molecule has 1 heterocycles. The zero-order chi connectivity index (χ0) is 13.2. The van der Waals surface area contributed by atoms with E-state index in [4.69, 9.17) is 0 Å². The Kier molecular flexibility index (Phi) is 3.13. The lowest BCUT2D eigenvalue weighted by Crippen LogP contribution is -1.76. The minimum atomic E-state index is -0.216. The van der Waals surface area contributed by atoms with Gasteiger partial charge in [0.1, 0.15) is 10.8 Å². The van der Waals surface area contributed by atoms with Gasteiger partial charge in [-0.1, -0.05) is 35.9 Å². The Morgan fingerprint density at radius 1 is 1.00 bits per heavy atom. The van der Waals surface area contributed by atoms with Crippen LogP contribution in [-0.4, -0.2) is 4.98 Å². The number of halogens is 1. The summed E-state index contributed by atoms with van der Waals surface area (Å²) in [7, 11) is 0. The summed E-state index contributed by atoms with van der Waals surface area (Å²) in [6.45, 7) is 2.07. The molecule has 3 rings (SSSR count). The summed E-state index contributed by atoms with van der Waals surface area (Å²) in [4.78, 5) is 5.50. The molecule has 3 aromatic rings. The molecule has 1 aromatic heterocycles. The van der Waals surface area contributed by atoms with Gasteiger partial charge in [0.2, 0.25) is 0 Å². The summed E-state index contributed by atoms with van der Waals surface area (Å²) in [5.41, 5.74) is 3.34. The second-order valence-electron chi connectivity index (χ2n) is 4.41. The molecule has 0 saturated carbocycles. The summed E-state index contributed by atoms with van der Waals surface area (Å²) in [6, 6.07) is 14.8. The fourth-order valence-corrected chi connectivity index (χ4v) is 2.85. The van der Waals surface area contributed by atoms with E-state index in [-0.39, 0.29) is 5.82 Å². The van der Waals surface area contributed by atoms with Gasteiger partial charge in [-0.05, 0) is 30.7 Å². The molecule has 0 aliphatic rings. The molecule has 19 heavy (non-hydrogen) atoms. The van der Waals surface area contributed by atoms with Crippen molar-refractivity contribution in [2.24, 2.45) is 0 Å².